The lowest BCUT2D eigenvalue weighted by atomic mass is 10.0. The standard InChI is InChI=1S/C11H16BrNO2/c12-9-4-15-5-10(9)13-11(14)8-2-6-1-7(6)3-8/h6-10H,1-5H2,(H,13,14). The van der Waals surface area contributed by atoms with Crippen molar-refractivity contribution in [3.8, 4) is 0 Å². The molecular formula is C11H16BrNO2. The van der Waals surface area contributed by atoms with Gasteiger partial charge in [0.1, 0.15) is 0 Å². The van der Waals surface area contributed by atoms with E-state index in [1.165, 1.54) is 6.42 Å². The molecule has 3 nitrogen and oxygen atoms in total. The molecule has 1 aliphatic heterocycles. The number of fused-ring (bicyclic) bond motifs is 1. The zero-order chi connectivity index (χ0) is 10.4. The number of nitrogens with one attached hydrogen (secondary N) is 1. The molecule has 4 unspecified atom stereocenters. The summed E-state index contributed by atoms with van der Waals surface area (Å²) >= 11 is 3.52. The van der Waals surface area contributed by atoms with Crippen LogP contribution in [-0.2, 0) is 9.53 Å². The molecular weight excluding hydrogens is 258 g/mol. The van der Waals surface area contributed by atoms with Gasteiger partial charge in [0.15, 0.2) is 0 Å². The molecule has 0 aromatic carbocycles. The first kappa shape index (κ1) is 10.1. The normalized spacial score (nSPS) is 47.7. The first-order valence-electron chi connectivity index (χ1n) is 5.76. The zero-order valence-electron chi connectivity index (χ0n) is 8.62. The van der Waals surface area contributed by atoms with Gasteiger partial charge in [-0.1, -0.05) is 15.9 Å². The highest BCUT2D eigenvalue weighted by Gasteiger charge is 2.48. The van der Waals surface area contributed by atoms with Gasteiger partial charge in [0.2, 0.25) is 5.91 Å². The van der Waals surface area contributed by atoms with Crippen molar-refractivity contribution in [3.63, 3.8) is 0 Å². The molecule has 4 heteroatoms. The van der Waals surface area contributed by atoms with E-state index >= 15 is 0 Å². The second-order valence-electron chi connectivity index (χ2n) is 5.09. The van der Waals surface area contributed by atoms with Crippen LogP contribution >= 0.6 is 15.9 Å². The molecule has 0 radical (unpaired) electrons. The first-order valence-corrected chi connectivity index (χ1v) is 6.68. The average Bonchev–Trinajstić information content (AvgIpc) is 2.64. The Morgan fingerprint density at radius 2 is 1.93 bits per heavy atom. The lowest BCUT2D eigenvalue weighted by molar-refractivity contribution is -0.125. The van der Waals surface area contributed by atoms with Crippen LogP contribution in [0.4, 0.5) is 0 Å². The van der Waals surface area contributed by atoms with Gasteiger partial charge in [-0.15, -0.1) is 0 Å². The summed E-state index contributed by atoms with van der Waals surface area (Å²) in [5.41, 5.74) is 0. The van der Waals surface area contributed by atoms with Gasteiger partial charge in [-0.3, -0.25) is 4.79 Å². The smallest absolute Gasteiger partial charge is 0.223 e. The minimum atomic E-state index is 0.175. The highest BCUT2D eigenvalue weighted by molar-refractivity contribution is 9.09. The molecule has 84 valence electrons. The predicted octanol–water partition coefficient (Wildman–Crippen LogP) is 1.31. The quantitative estimate of drug-likeness (QED) is 0.771. The van der Waals surface area contributed by atoms with Crippen LogP contribution < -0.4 is 5.32 Å². The maximum absolute atomic E-state index is 11.9. The predicted molar refractivity (Wildman–Crippen MR) is 59.8 cm³/mol. The topological polar surface area (TPSA) is 38.3 Å². The van der Waals surface area contributed by atoms with Gasteiger partial charge in [-0.2, -0.15) is 0 Å². The van der Waals surface area contributed by atoms with Crippen LogP contribution in [0, 0.1) is 17.8 Å². The molecule has 1 heterocycles. The zero-order valence-corrected chi connectivity index (χ0v) is 10.2. The number of amides is 1. The monoisotopic (exact) mass is 273 g/mol. The van der Waals surface area contributed by atoms with Crippen LogP contribution in [0.15, 0.2) is 0 Å². The summed E-state index contributed by atoms with van der Waals surface area (Å²) in [5.74, 6) is 2.29. The van der Waals surface area contributed by atoms with Crippen molar-refractivity contribution in [2.75, 3.05) is 13.2 Å². The molecule has 15 heavy (non-hydrogen) atoms. The molecule has 4 atom stereocenters. The van der Waals surface area contributed by atoms with Crippen LogP contribution in [0.5, 0.6) is 0 Å². The Bertz CT molecular complexity index is 274. The lowest BCUT2D eigenvalue weighted by Crippen LogP contribution is -2.43. The van der Waals surface area contributed by atoms with Gasteiger partial charge in [0.25, 0.3) is 0 Å². The Hall–Kier alpha value is -0.0900. The number of carbonyl (C=O) groups excluding carboxylic acids is 1. The molecule has 0 aromatic rings. The van der Waals surface area contributed by atoms with E-state index in [-0.39, 0.29) is 22.7 Å². The summed E-state index contributed by atoms with van der Waals surface area (Å²) < 4.78 is 5.30. The molecule has 1 saturated heterocycles. The Morgan fingerprint density at radius 1 is 1.20 bits per heavy atom. The number of rotatable bonds is 2. The van der Waals surface area contributed by atoms with Gasteiger partial charge in [0, 0.05) is 5.92 Å². The van der Waals surface area contributed by atoms with Crippen molar-refractivity contribution in [3.05, 3.63) is 0 Å². The Balaban J connectivity index is 1.52. The lowest BCUT2D eigenvalue weighted by Gasteiger charge is -2.18. The summed E-state index contributed by atoms with van der Waals surface area (Å²) in [4.78, 5) is 12.2. The molecule has 3 rings (SSSR count). The molecule has 0 aromatic heterocycles. The van der Waals surface area contributed by atoms with E-state index in [2.05, 4.69) is 21.2 Å². The van der Waals surface area contributed by atoms with E-state index in [9.17, 15) is 4.79 Å². The molecule has 0 spiro atoms. The van der Waals surface area contributed by atoms with Crippen molar-refractivity contribution in [2.45, 2.75) is 30.1 Å². The Labute approximate surface area is 98.1 Å². The molecule has 1 amide bonds. The fourth-order valence-electron chi connectivity index (χ4n) is 2.89. The van der Waals surface area contributed by atoms with Crippen LogP contribution in [0.2, 0.25) is 0 Å². The van der Waals surface area contributed by atoms with Crippen LogP contribution in [0.1, 0.15) is 19.3 Å². The number of alkyl halides is 1. The first-order chi connectivity index (χ1) is 7.24. The van der Waals surface area contributed by atoms with E-state index < -0.39 is 0 Å². The van der Waals surface area contributed by atoms with Crippen LogP contribution in [-0.4, -0.2) is 30.0 Å². The highest BCUT2D eigenvalue weighted by atomic mass is 79.9. The Morgan fingerprint density at radius 3 is 2.53 bits per heavy atom. The largest absolute Gasteiger partial charge is 0.378 e. The van der Waals surface area contributed by atoms with E-state index in [4.69, 9.17) is 4.74 Å². The van der Waals surface area contributed by atoms with Crippen molar-refractivity contribution in [1.29, 1.82) is 0 Å². The number of hydrogen-bond acceptors (Lipinski definition) is 2. The second-order valence-corrected chi connectivity index (χ2v) is 6.27. The van der Waals surface area contributed by atoms with Crippen molar-refractivity contribution in [1.82, 2.24) is 5.32 Å². The SMILES string of the molecule is O=C(NC1COCC1Br)C1CC2CC2C1. The van der Waals surface area contributed by atoms with E-state index in [0.29, 0.717) is 13.2 Å². The highest BCUT2D eigenvalue weighted by Crippen LogP contribution is 2.54. The van der Waals surface area contributed by atoms with Gasteiger partial charge in [-0.25, -0.2) is 0 Å². The number of carbonyl (C=O) groups is 1. The van der Waals surface area contributed by atoms with E-state index in [1.807, 2.05) is 0 Å². The fraction of sp³-hybridized carbons (Fsp3) is 0.909. The minimum absolute atomic E-state index is 0.175. The Kier molecular flexibility index (Phi) is 2.51. The fourth-order valence-corrected chi connectivity index (χ4v) is 3.36. The molecule has 3 aliphatic rings. The number of halogens is 1. The molecule has 2 saturated carbocycles. The van der Waals surface area contributed by atoms with Gasteiger partial charge in [-0.05, 0) is 31.1 Å². The molecule has 3 fully saturated rings. The van der Waals surface area contributed by atoms with Gasteiger partial charge < -0.3 is 10.1 Å². The van der Waals surface area contributed by atoms with Crippen molar-refractivity contribution in [2.24, 2.45) is 17.8 Å². The molecule has 0 bridgehead atoms. The van der Waals surface area contributed by atoms with E-state index in [1.54, 1.807) is 0 Å². The van der Waals surface area contributed by atoms with Gasteiger partial charge >= 0.3 is 0 Å². The summed E-state index contributed by atoms with van der Waals surface area (Å²) in [7, 11) is 0. The third kappa shape index (κ3) is 1.94. The van der Waals surface area contributed by atoms with Crippen molar-refractivity contribution >= 4 is 21.8 Å². The average molecular weight is 274 g/mol. The van der Waals surface area contributed by atoms with Crippen LogP contribution in [0.25, 0.3) is 0 Å². The summed E-state index contributed by atoms with van der Waals surface area (Å²) in [6.45, 7) is 1.36. The third-order valence-electron chi connectivity index (χ3n) is 3.95. The molecule has 1 N–H and O–H groups in total. The summed E-state index contributed by atoms with van der Waals surface area (Å²) in [6, 6.07) is 0.175. The van der Waals surface area contributed by atoms with Crippen LogP contribution in [0.3, 0.4) is 0 Å². The number of hydrogen-bond donors (Lipinski definition) is 1. The maximum atomic E-state index is 11.9. The maximum Gasteiger partial charge on any atom is 0.223 e. The summed E-state index contributed by atoms with van der Waals surface area (Å²) in [5, 5.41) is 3.10. The minimum Gasteiger partial charge on any atom is -0.378 e. The van der Waals surface area contributed by atoms with Crippen molar-refractivity contribution < 1.29 is 9.53 Å². The van der Waals surface area contributed by atoms with E-state index in [0.717, 1.165) is 24.7 Å². The number of ether oxygens (including phenoxy) is 1. The third-order valence-corrected chi connectivity index (χ3v) is 4.86. The second kappa shape index (κ2) is 3.74. The summed E-state index contributed by atoms with van der Waals surface area (Å²) in [6.07, 6.45) is 3.62. The molecule has 2 aliphatic carbocycles. The van der Waals surface area contributed by atoms with Gasteiger partial charge in [0.05, 0.1) is 24.1 Å².